The number of thioether (sulfide) groups is 1. The Balaban J connectivity index is 1.73. The largest absolute Gasteiger partial charge is 0.396 e. The molecule has 2 aliphatic rings. The number of anilines is 2. The summed E-state index contributed by atoms with van der Waals surface area (Å²) in [6.45, 7) is 4.38. The van der Waals surface area contributed by atoms with Crippen LogP contribution in [0.1, 0.15) is 32.1 Å². The maximum absolute atomic E-state index is 9.43. The van der Waals surface area contributed by atoms with E-state index >= 15 is 0 Å². The average Bonchev–Trinajstić information content (AvgIpc) is 2.87. The Morgan fingerprint density at radius 3 is 2.57 bits per heavy atom. The molecular weight excluding hydrogens is 308 g/mol. The Morgan fingerprint density at radius 1 is 1.09 bits per heavy atom. The molecule has 3 rings (SSSR count). The van der Waals surface area contributed by atoms with Crippen LogP contribution in [0.4, 0.5) is 11.6 Å². The van der Waals surface area contributed by atoms with Crippen molar-refractivity contribution in [1.82, 2.24) is 9.97 Å². The molecule has 2 saturated heterocycles. The van der Waals surface area contributed by atoms with E-state index < -0.39 is 0 Å². The average molecular weight is 337 g/mol. The number of nitrogens with zero attached hydrogens (tertiary/aromatic N) is 4. The summed E-state index contributed by atoms with van der Waals surface area (Å²) in [5.41, 5.74) is 0. The third-order valence-electron chi connectivity index (χ3n) is 5.02. The smallest absolute Gasteiger partial charge is 0.134 e. The zero-order valence-corrected chi connectivity index (χ0v) is 14.8. The Labute approximate surface area is 143 Å². The van der Waals surface area contributed by atoms with E-state index in [4.69, 9.17) is 0 Å². The van der Waals surface area contributed by atoms with Crippen LogP contribution in [0, 0.1) is 5.92 Å². The van der Waals surface area contributed by atoms with Crippen LogP contribution in [0.25, 0.3) is 0 Å². The molecule has 2 fully saturated rings. The quantitative estimate of drug-likeness (QED) is 0.911. The van der Waals surface area contributed by atoms with E-state index in [0.717, 1.165) is 50.7 Å². The minimum Gasteiger partial charge on any atom is -0.396 e. The van der Waals surface area contributed by atoms with Crippen LogP contribution >= 0.6 is 11.8 Å². The fourth-order valence-electron chi connectivity index (χ4n) is 3.61. The first-order valence-electron chi connectivity index (χ1n) is 8.75. The molecule has 0 aromatic carbocycles. The molecule has 3 heterocycles. The third-order valence-corrected chi connectivity index (χ3v) is 6.08. The molecule has 23 heavy (non-hydrogen) atoms. The number of hydrogen-bond acceptors (Lipinski definition) is 6. The fraction of sp³-hybridized carbons (Fsp3) is 0.765. The number of aliphatic hydroxyl groups is 1. The second-order valence-electron chi connectivity index (χ2n) is 6.67. The minimum atomic E-state index is 0.274. The Bertz CT molecular complexity index is 501. The highest BCUT2D eigenvalue weighted by molar-refractivity contribution is 7.99. The normalized spacial score (nSPS) is 26.2. The van der Waals surface area contributed by atoms with Gasteiger partial charge in [-0.15, -0.1) is 0 Å². The zero-order chi connectivity index (χ0) is 16.1. The van der Waals surface area contributed by atoms with Crippen molar-refractivity contribution in [1.29, 1.82) is 0 Å². The lowest BCUT2D eigenvalue weighted by molar-refractivity contribution is 0.208. The number of aromatic nitrogens is 2. The summed E-state index contributed by atoms with van der Waals surface area (Å²) < 4.78 is 0. The van der Waals surface area contributed by atoms with Gasteiger partial charge in [0.05, 0.1) is 0 Å². The second kappa shape index (κ2) is 8.20. The summed E-state index contributed by atoms with van der Waals surface area (Å²) >= 11 is 1.97. The van der Waals surface area contributed by atoms with Crippen LogP contribution in [0.3, 0.4) is 0 Å². The lowest BCUT2D eigenvalue weighted by atomic mass is 9.99. The predicted molar refractivity (Wildman–Crippen MR) is 97.4 cm³/mol. The van der Waals surface area contributed by atoms with Gasteiger partial charge in [0.25, 0.3) is 0 Å². The molecule has 0 spiro atoms. The summed E-state index contributed by atoms with van der Waals surface area (Å²) in [4.78, 5) is 13.8. The van der Waals surface area contributed by atoms with Gasteiger partial charge in [0, 0.05) is 44.1 Å². The molecule has 6 heteroatoms. The van der Waals surface area contributed by atoms with Crippen molar-refractivity contribution in [2.45, 2.75) is 37.4 Å². The molecule has 5 nitrogen and oxygen atoms in total. The maximum atomic E-state index is 9.43. The van der Waals surface area contributed by atoms with E-state index in [1.807, 2.05) is 11.8 Å². The highest BCUT2D eigenvalue weighted by Crippen LogP contribution is 2.27. The standard InChI is InChI=1S/C17H28N4OS/c1-23-15-6-2-3-7-21(11-15)17-9-16(18-13-19-17)20-8-4-5-14(10-20)12-22/h9,13-15,22H,2-8,10-12H2,1H3/t14-,15-/m1/s1. The van der Waals surface area contributed by atoms with Gasteiger partial charge in [-0.2, -0.15) is 11.8 Å². The van der Waals surface area contributed by atoms with Gasteiger partial charge < -0.3 is 14.9 Å². The molecular formula is C17H28N4OS. The van der Waals surface area contributed by atoms with Gasteiger partial charge in [-0.25, -0.2) is 9.97 Å². The summed E-state index contributed by atoms with van der Waals surface area (Å²) in [7, 11) is 0. The first kappa shape index (κ1) is 16.8. The van der Waals surface area contributed by atoms with E-state index in [1.165, 1.54) is 19.3 Å². The molecule has 0 radical (unpaired) electrons. The molecule has 128 valence electrons. The molecule has 0 amide bonds. The van der Waals surface area contributed by atoms with Crippen LogP contribution < -0.4 is 9.80 Å². The van der Waals surface area contributed by atoms with Crippen molar-refractivity contribution in [2.75, 3.05) is 48.8 Å². The Kier molecular flexibility index (Phi) is 6.00. The summed E-state index contributed by atoms with van der Waals surface area (Å²) in [5, 5.41) is 10.1. The van der Waals surface area contributed by atoms with E-state index in [2.05, 4.69) is 32.1 Å². The first-order chi connectivity index (χ1) is 11.3. The molecule has 0 unspecified atom stereocenters. The van der Waals surface area contributed by atoms with Crippen LogP contribution in [-0.2, 0) is 0 Å². The van der Waals surface area contributed by atoms with Gasteiger partial charge in [0.1, 0.15) is 18.0 Å². The van der Waals surface area contributed by atoms with Gasteiger partial charge in [-0.3, -0.25) is 0 Å². The van der Waals surface area contributed by atoms with Gasteiger partial charge in [0.2, 0.25) is 0 Å². The van der Waals surface area contributed by atoms with Crippen molar-refractivity contribution in [3.05, 3.63) is 12.4 Å². The van der Waals surface area contributed by atoms with Gasteiger partial charge >= 0.3 is 0 Å². The van der Waals surface area contributed by atoms with Crippen LogP contribution in [0.5, 0.6) is 0 Å². The van der Waals surface area contributed by atoms with E-state index in [0.29, 0.717) is 11.2 Å². The lowest BCUT2D eigenvalue weighted by Crippen LogP contribution is -2.37. The van der Waals surface area contributed by atoms with Crippen molar-refractivity contribution in [2.24, 2.45) is 5.92 Å². The molecule has 1 aromatic heterocycles. The fourth-order valence-corrected chi connectivity index (χ4v) is 4.34. The number of rotatable bonds is 4. The summed E-state index contributed by atoms with van der Waals surface area (Å²) in [6.07, 6.45) is 10.0. The molecule has 2 atom stereocenters. The highest BCUT2D eigenvalue weighted by atomic mass is 32.2. The molecule has 1 aromatic rings. The zero-order valence-electron chi connectivity index (χ0n) is 14.0. The van der Waals surface area contributed by atoms with Crippen LogP contribution in [0.2, 0.25) is 0 Å². The molecule has 0 bridgehead atoms. The molecule has 2 aliphatic heterocycles. The lowest BCUT2D eigenvalue weighted by Gasteiger charge is -2.33. The van der Waals surface area contributed by atoms with E-state index in [1.54, 1.807) is 6.33 Å². The summed E-state index contributed by atoms with van der Waals surface area (Å²) in [5.74, 6) is 2.45. The number of piperidine rings is 1. The second-order valence-corrected chi connectivity index (χ2v) is 7.81. The molecule has 0 saturated carbocycles. The number of aliphatic hydroxyl groups excluding tert-OH is 1. The molecule has 1 N–H and O–H groups in total. The van der Waals surface area contributed by atoms with Gasteiger partial charge in [-0.1, -0.05) is 6.42 Å². The van der Waals surface area contributed by atoms with Crippen LogP contribution in [-0.4, -0.2) is 59.4 Å². The van der Waals surface area contributed by atoms with Crippen molar-refractivity contribution >= 4 is 23.4 Å². The third kappa shape index (κ3) is 4.29. The first-order valence-corrected chi connectivity index (χ1v) is 10.0. The van der Waals surface area contributed by atoms with E-state index in [-0.39, 0.29) is 6.61 Å². The van der Waals surface area contributed by atoms with Gasteiger partial charge in [-0.05, 0) is 37.9 Å². The predicted octanol–water partition coefficient (Wildman–Crippen LogP) is 2.41. The molecule has 0 aliphatic carbocycles. The minimum absolute atomic E-state index is 0.274. The van der Waals surface area contributed by atoms with Crippen molar-refractivity contribution in [3.8, 4) is 0 Å². The highest BCUT2D eigenvalue weighted by Gasteiger charge is 2.22. The topological polar surface area (TPSA) is 52.5 Å². The number of hydrogen-bond donors (Lipinski definition) is 1. The Hall–Kier alpha value is -1.01. The Morgan fingerprint density at radius 2 is 1.83 bits per heavy atom. The van der Waals surface area contributed by atoms with Crippen molar-refractivity contribution in [3.63, 3.8) is 0 Å². The van der Waals surface area contributed by atoms with Gasteiger partial charge in [0.15, 0.2) is 0 Å². The summed E-state index contributed by atoms with van der Waals surface area (Å²) in [6, 6.07) is 2.14. The van der Waals surface area contributed by atoms with E-state index in [9.17, 15) is 5.11 Å². The van der Waals surface area contributed by atoms with Crippen molar-refractivity contribution < 1.29 is 5.11 Å². The SMILES string of the molecule is CS[C@@H]1CCCCN(c2cc(N3CCC[C@@H](CO)C3)ncn2)C1. The maximum Gasteiger partial charge on any atom is 0.134 e. The van der Waals surface area contributed by atoms with Crippen LogP contribution in [0.15, 0.2) is 12.4 Å². The monoisotopic (exact) mass is 336 g/mol.